The molecule has 0 aromatic heterocycles. The number of rotatable bonds is 84. The van der Waals surface area contributed by atoms with E-state index >= 15 is 0 Å². The summed E-state index contributed by atoms with van der Waals surface area (Å²) in [6, 6.07) is 0. The zero-order valence-corrected chi connectivity index (χ0v) is 68.4. The van der Waals surface area contributed by atoms with Crippen molar-refractivity contribution in [2.45, 2.75) is 470 Å². The van der Waals surface area contributed by atoms with E-state index in [2.05, 4.69) is 27.7 Å². The van der Waals surface area contributed by atoms with Crippen molar-refractivity contribution in [3.8, 4) is 0 Å². The quantitative estimate of drug-likeness (QED) is 0.0222. The van der Waals surface area contributed by atoms with Crippen molar-refractivity contribution in [3.63, 3.8) is 0 Å². The maximum atomic E-state index is 13.1. The third-order valence-electron chi connectivity index (χ3n) is 19.6. The fourth-order valence-electron chi connectivity index (χ4n) is 13.0. The van der Waals surface area contributed by atoms with Crippen LogP contribution in [0.5, 0.6) is 0 Å². The van der Waals surface area contributed by atoms with Gasteiger partial charge in [-0.3, -0.25) is 37.3 Å². The molecular formula is C83H162O17P2. The molecule has 0 bridgehead atoms. The number of esters is 4. The summed E-state index contributed by atoms with van der Waals surface area (Å²) >= 11 is 0. The average molecular weight is 1490 g/mol. The maximum absolute atomic E-state index is 13.1. The normalized spacial score (nSPS) is 13.8. The van der Waals surface area contributed by atoms with Crippen molar-refractivity contribution in [1.29, 1.82) is 0 Å². The third kappa shape index (κ3) is 76.3. The molecule has 0 aliphatic rings. The highest BCUT2D eigenvalue weighted by atomic mass is 31.2. The van der Waals surface area contributed by atoms with Gasteiger partial charge in [0.15, 0.2) is 12.2 Å². The number of carbonyl (C=O) groups excluding carboxylic acids is 4. The molecule has 0 heterocycles. The van der Waals surface area contributed by atoms with Gasteiger partial charge >= 0.3 is 39.5 Å². The summed E-state index contributed by atoms with van der Waals surface area (Å²) in [5.74, 6) is -2.11. The molecule has 0 saturated carbocycles. The van der Waals surface area contributed by atoms with E-state index in [1.54, 1.807) is 0 Å². The first-order valence-electron chi connectivity index (χ1n) is 43.3. The van der Waals surface area contributed by atoms with Gasteiger partial charge in [-0.25, -0.2) is 9.13 Å². The van der Waals surface area contributed by atoms with Gasteiger partial charge in [-0.1, -0.05) is 400 Å². The highest BCUT2D eigenvalue weighted by molar-refractivity contribution is 7.47. The Hall–Kier alpha value is -1.94. The van der Waals surface area contributed by atoms with Crippen molar-refractivity contribution in [1.82, 2.24) is 0 Å². The molecule has 17 nitrogen and oxygen atoms in total. The van der Waals surface area contributed by atoms with Crippen LogP contribution in [-0.2, 0) is 65.4 Å². The van der Waals surface area contributed by atoms with E-state index in [-0.39, 0.29) is 25.7 Å². The molecule has 0 spiro atoms. The number of carbonyl (C=O) groups is 4. The summed E-state index contributed by atoms with van der Waals surface area (Å²) in [6.45, 7) is 4.95. The zero-order chi connectivity index (χ0) is 74.6. The number of unbranched alkanes of at least 4 members (excludes halogenated alkanes) is 58. The number of hydrogen-bond acceptors (Lipinski definition) is 15. The third-order valence-corrected chi connectivity index (χ3v) is 21.5. The monoisotopic (exact) mass is 1490 g/mol. The standard InChI is InChI=1S/C83H162O17P2/c1-5-9-13-17-20-23-26-29-32-35-37-39-41-43-46-49-52-55-58-62-66-70-83(88)100-79(74-94-81(86)68-64-60-56-53-50-47-45-42-40-38-36-33-30-27-24-21-18-14-10-6-2)76-98-102(91,92)96-72-77(84)71-95-101(89,90)97-75-78(73-93-80(85)67-63-59-16-12-8-4)99-82(87)69-65-61-57-54-51-48-44-34-31-28-25-22-19-15-11-7-3/h77-79,84H,5-76H2,1-4H3,(H,89,90)(H,91,92)/t77-,78+,79+/m0/s1. The molecule has 0 fully saturated rings. The summed E-state index contributed by atoms with van der Waals surface area (Å²) < 4.78 is 68.5. The Kier molecular flexibility index (Phi) is 75.8. The number of aliphatic hydroxyl groups excluding tert-OH is 1. The Balaban J connectivity index is 5.10. The average Bonchev–Trinajstić information content (AvgIpc) is 0.938. The van der Waals surface area contributed by atoms with Gasteiger partial charge < -0.3 is 33.8 Å². The summed E-state index contributed by atoms with van der Waals surface area (Å²) in [5.41, 5.74) is 0. The fourth-order valence-corrected chi connectivity index (χ4v) is 14.6. The number of hydrogen-bond donors (Lipinski definition) is 3. The Morgan fingerprint density at radius 1 is 0.235 bits per heavy atom. The van der Waals surface area contributed by atoms with E-state index in [1.165, 1.54) is 276 Å². The van der Waals surface area contributed by atoms with E-state index in [0.29, 0.717) is 25.7 Å². The molecule has 0 rings (SSSR count). The molecule has 102 heavy (non-hydrogen) atoms. The van der Waals surface area contributed by atoms with Gasteiger partial charge in [0.25, 0.3) is 0 Å². The molecule has 0 aliphatic heterocycles. The van der Waals surface area contributed by atoms with Crippen molar-refractivity contribution in [2.24, 2.45) is 0 Å². The lowest BCUT2D eigenvalue weighted by Gasteiger charge is -2.21. The van der Waals surface area contributed by atoms with Gasteiger partial charge in [0.1, 0.15) is 19.3 Å². The molecule has 0 aromatic rings. The van der Waals surface area contributed by atoms with E-state index in [0.717, 1.165) is 96.3 Å². The van der Waals surface area contributed by atoms with E-state index < -0.39 is 97.5 Å². The predicted octanol–water partition coefficient (Wildman–Crippen LogP) is 25.4. The molecule has 3 N–H and O–H groups in total. The van der Waals surface area contributed by atoms with E-state index in [9.17, 15) is 43.2 Å². The molecule has 5 atom stereocenters. The van der Waals surface area contributed by atoms with Crippen LogP contribution >= 0.6 is 15.6 Å². The van der Waals surface area contributed by atoms with Gasteiger partial charge in [-0.2, -0.15) is 0 Å². The molecule has 0 amide bonds. The molecular weight excluding hydrogens is 1330 g/mol. The first kappa shape index (κ1) is 100. The largest absolute Gasteiger partial charge is 0.472 e. The Morgan fingerprint density at radius 2 is 0.392 bits per heavy atom. The van der Waals surface area contributed by atoms with E-state index in [1.807, 2.05) is 0 Å². The van der Waals surface area contributed by atoms with Crippen LogP contribution in [0.4, 0.5) is 0 Å². The Labute approximate surface area is 626 Å². The van der Waals surface area contributed by atoms with Crippen molar-refractivity contribution in [2.75, 3.05) is 39.6 Å². The number of phosphoric ester groups is 2. The van der Waals surface area contributed by atoms with Crippen LogP contribution in [0.25, 0.3) is 0 Å². The van der Waals surface area contributed by atoms with Crippen LogP contribution in [0.15, 0.2) is 0 Å². The molecule has 606 valence electrons. The highest BCUT2D eigenvalue weighted by Gasteiger charge is 2.30. The second-order valence-electron chi connectivity index (χ2n) is 29.9. The smallest absolute Gasteiger partial charge is 0.462 e. The lowest BCUT2D eigenvalue weighted by Crippen LogP contribution is -2.30. The van der Waals surface area contributed by atoms with E-state index in [4.69, 9.17) is 37.0 Å². The Morgan fingerprint density at radius 3 is 0.578 bits per heavy atom. The van der Waals surface area contributed by atoms with Crippen molar-refractivity contribution < 1.29 is 80.2 Å². The Bertz CT molecular complexity index is 1930. The second-order valence-corrected chi connectivity index (χ2v) is 32.8. The number of ether oxygens (including phenoxy) is 4. The first-order valence-corrected chi connectivity index (χ1v) is 46.3. The van der Waals surface area contributed by atoms with Gasteiger partial charge in [0.05, 0.1) is 26.4 Å². The first-order chi connectivity index (χ1) is 49.7. The lowest BCUT2D eigenvalue weighted by molar-refractivity contribution is -0.161. The van der Waals surface area contributed by atoms with Crippen LogP contribution in [-0.4, -0.2) is 96.7 Å². The minimum Gasteiger partial charge on any atom is -0.462 e. The highest BCUT2D eigenvalue weighted by Crippen LogP contribution is 2.45. The molecule has 19 heteroatoms. The lowest BCUT2D eigenvalue weighted by atomic mass is 10.0. The molecule has 0 aromatic carbocycles. The zero-order valence-electron chi connectivity index (χ0n) is 66.6. The molecule has 0 aliphatic carbocycles. The minimum atomic E-state index is -4.96. The maximum Gasteiger partial charge on any atom is 0.472 e. The number of aliphatic hydroxyl groups is 1. The number of phosphoric acid groups is 2. The summed E-state index contributed by atoms with van der Waals surface area (Å²) in [7, 11) is -9.91. The molecule has 0 saturated heterocycles. The molecule has 0 radical (unpaired) electrons. The van der Waals surface area contributed by atoms with Gasteiger partial charge in [0.2, 0.25) is 0 Å². The van der Waals surface area contributed by atoms with Crippen molar-refractivity contribution >= 4 is 39.5 Å². The molecule has 2 unspecified atom stereocenters. The SMILES string of the molecule is CCCCCCCCCCCCCCCCCCCCCCCC(=O)O[C@H](COC(=O)CCCCCCCCCCCCCCCCCCCCCC)COP(=O)(O)OC[C@@H](O)COP(=O)(O)OC[C@@H](COC(=O)CCCCCCC)OC(=O)CCCCCCCCCCCCCCCCCC. The minimum absolute atomic E-state index is 0.108. The second kappa shape index (κ2) is 77.2. The van der Waals surface area contributed by atoms with Gasteiger partial charge in [0, 0.05) is 25.7 Å². The fraction of sp³-hybridized carbons (Fsp3) is 0.952. The van der Waals surface area contributed by atoms with Crippen LogP contribution < -0.4 is 0 Å². The van der Waals surface area contributed by atoms with Crippen molar-refractivity contribution in [3.05, 3.63) is 0 Å². The summed E-state index contributed by atoms with van der Waals surface area (Å²) in [5, 5.41) is 10.6. The van der Waals surface area contributed by atoms with Gasteiger partial charge in [-0.05, 0) is 25.7 Å². The summed E-state index contributed by atoms with van der Waals surface area (Å²) in [4.78, 5) is 72.8. The predicted molar refractivity (Wildman–Crippen MR) is 419 cm³/mol. The topological polar surface area (TPSA) is 237 Å². The van der Waals surface area contributed by atoms with Crippen LogP contribution in [0.3, 0.4) is 0 Å². The van der Waals surface area contributed by atoms with Crippen LogP contribution in [0.2, 0.25) is 0 Å². The van der Waals surface area contributed by atoms with Crippen LogP contribution in [0, 0.1) is 0 Å². The summed E-state index contributed by atoms with van der Waals surface area (Å²) in [6.07, 6.45) is 71.4. The van der Waals surface area contributed by atoms with Crippen LogP contribution in [0.1, 0.15) is 451 Å². The van der Waals surface area contributed by atoms with Gasteiger partial charge in [-0.15, -0.1) is 0 Å².